The maximum Gasteiger partial charge on any atom is 0.127 e. The number of phenolic OH excluding ortho intramolecular Hbond substituents is 1. The molecule has 0 saturated carbocycles. The molecule has 0 bridgehead atoms. The molecule has 3 heteroatoms. The lowest BCUT2D eigenvalue weighted by molar-refractivity contribution is 0.469. The van der Waals surface area contributed by atoms with Crippen molar-refractivity contribution < 1.29 is 9.50 Å². The summed E-state index contributed by atoms with van der Waals surface area (Å²) in [5.41, 5.74) is 1.59. The van der Waals surface area contributed by atoms with Crippen molar-refractivity contribution in [1.82, 2.24) is 0 Å². The van der Waals surface area contributed by atoms with Crippen molar-refractivity contribution in [3.63, 3.8) is 0 Å². The fourth-order valence-electron chi connectivity index (χ4n) is 1.54. The Hall–Kier alpha value is -1.48. The third-order valence-electron chi connectivity index (χ3n) is 2.29. The molecule has 0 fully saturated rings. The van der Waals surface area contributed by atoms with Crippen molar-refractivity contribution in [2.75, 3.05) is 6.26 Å². The zero-order valence-corrected chi connectivity index (χ0v) is 9.59. The first-order valence-electron chi connectivity index (χ1n) is 4.83. The van der Waals surface area contributed by atoms with Gasteiger partial charge in [-0.1, -0.05) is 12.1 Å². The van der Waals surface area contributed by atoms with Gasteiger partial charge in [-0.3, -0.25) is 0 Å². The molecule has 1 nitrogen and oxygen atoms in total. The van der Waals surface area contributed by atoms with E-state index in [1.807, 2.05) is 30.5 Å². The Morgan fingerprint density at radius 2 is 1.88 bits per heavy atom. The highest BCUT2D eigenvalue weighted by Gasteiger charge is 2.03. The number of hydrogen-bond donors (Lipinski definition) is 1. The van der Waals surface area contributed by atoms with Gasteiger partial charge in [0.05, 0.1) is 0 Å². The van der Waals surface area contributed by atoms with Gasteiger partial charge in [0.25, 0.3) is 0 Å². The molecule has 0 amide bonds. The van der Waals surface area contributed by atoms with Crippen molar-refractivity contribution in [1.29, 1.82) is 0 Å². The number of aromatic hydroxyl groups is 1. The van der Waals surface area contributed by atoms with Crippen LogP contribution in [0.1, 0.15) is 0 Å². The van der Waals surface area contributed by atoms with Gasteiger partial charge in [-0.15, -0.1) is 11.8 Å². The SMILES string of the molecule is CSc1cccc(-c2cc(O)cc(F)c2)c1. The van der Waals surface area contributed by atoms with E-state index in [1.165, 1.54) is 6.07 Å². The lowest BCUT2D eigenvalue weighted by Gasteiger charge is -2.04. The summed E-state index contributed by atoms with van der Waals surface area (Å²) in [5, 5.41) is 9.34. The molecule has 0 unspecified atom stereocenters. The summed E-state index contributed by atoms with van der Waals surface area (Å²) in [5.74, 6) is -0.478. The number of rotatable bonds is 2. The summed E-state index contributed by atoms with van der Waals surface area (Å²) >= 11 is 1.63. The number of benzene rings is 2. The van der Waals surface area contributed by atoms with E-state index < -0.39 is 5.82 Å². The maximum atomic E-state index is 13.1. The quantitative estimate of drug-likeness (QED) is 0.795. The van der Waals surface area contributed by atoms with Crippen molar-refractivity contribution in [3.8, 4) is 16.9 Å². The lowest BCUT2D eigenvalue weighted by Crippen LogP contribution is -1.81. The van der Waals surface area contributed by atoms with Gasteiger partial charge in [0.1, 0.15) is 11.6 Å². The van der Waals surface area contributed by atoms with E-state index in [-0.39, 0.29) is 5.75 Å². The Balaban J connectivity index is 2.49. The minimum absolute atomic E-state index is 0.0513. The highest BCUT2D eigenvalue weighted by molar-refractivity contribution is 7.98. The third-order valence-corrected chi connectivity index (χ3v) is 3.01. The zero-order chi connectivity index (χ0) is 11.5. The molecular weight excluding hydrogens is 223 g/mol. The second-order valence-electron chi connectivity index (χ2n) is 3.43. The van der Waals surface area contributed by atoms with Crippen LogP contribution in [0.4, 0.5) is 4.39 Å². The third kappa shape index (κ3) is 2.36. The van der Waals surface area contributed by atoms with Crippen LogP contribution in [0, 0.1) is 5.82 Å². The molecule has 0 spiro atoms. The van der Waals surface area contributed by atoms with Crippen LogP contribution in [0.3, 0.4) is 0 Å². The molecule has 0 aliphatic heterocycles. The van der Waals surface area contributed by atoms with E-state index in [4.69, 9.17) is 0 Å². The van der Waals surface area contributed by atoms with E-state index in [2.05, 4.69) is 0 Å². The molecule has 0 aliphatic carbocycles. The second-order valence-corrected chi connectivity index (χ2v) is 4.31. The average molecular weight is 234 g/mol. The number of phenols is 1. The van der Waals surface area contributed by atoms with Gasteiger partial charge in [-0.2, -0.15) is 0 Å². The van der Waals surface area contributed by atoms with Crippen LogP contribution in [0.25, 0.3) is 11.1 Å². The lowest BCUT2D eigenvalue weighted by atomic mass is 10.1. The Kier molecular flexibility index (Phi) is 3.15. The minimum atomic E-state index is -0.426. The smallest absolute Gasteiger partial charge is 0.127 e. The van der Waals surface area contributed by atoms with Crippen LogP contribution in [0.15, 0.2) is 47.4 Å². The summed E-state index contributed by atoms with van der Waals surface area (Å²) in [6, 6.07) is 11.9. The van der Waals surface area contributed by atoms with Crippen molar-refractivity contribution in [3.05, 3.63) is 48.3 Å². The van der Waals surface area contributed by atoms with E-state index in [0.717, 1.165) is 16.5 Å². The topological polar surface area (TPSA) is 20.2 Å². The molecule has 0 aliphatic rings. The van der Waals surface area contributed by atoms with Crippen LogP contribution < -0.4 is 0 Å². The van der Waals surface area contributed by atoms with Gasteiger partial charge in [0.15, 0.2) is 0 Å². The normalized spacial score (nSPS) is 10.4. The van der Waals surface area contributed by atoms with Gasteiger partial charge in [0, 0.05) is 11.0 Å². The summed E-state index contributed by atoms with van der Waals surface area (Å²) in [4.78, 5) is 1.11. The molecule has 0 atom stereocenters. The van der Waals surface area contributed by atoms with Crippen molar-refractivity contribution >= 4 is 11.8 Å². The largest absolute Gasteiger partial charge is 0.508 e. The first-order valence-corrected chi connectivity index (χ1v) is 6.05. The van der Waals surface area contributed by atoms with Crippen LogP contribution in [-0.2, 0) is 0 Å². The fourth-order valence-corrected chi connectivity index (χ4v) is 2.00. The van der Waals surface area contributed by atoms with Crippen LogP contribution in [0.2, 0.25) is 0 Å². The van der Waals surface area contributed by atoms with Gasteiger partial charge < -0.3 is 5.11 Å². The highest BCUT2D eigenvalue weighted by atomic mass is 32.2. The summed E-state index contributed by atoms with van der Waals surface area (Å²) < 4.78 is 13.1. The highest BCUT2D eigenvalue weighted by Crippen LogP contribution is 2.27. The summed E-state index contributed by atoms with van der Waals surface area (Å²) in [6.07, 6.45) is 1.99. The number of thioether (sulfide) groups is 1. The standard InChI is InChI=1S/C13H11FOS/c1-16-13-4-2-3-9(7-13)10-5-11(14)8-12(15)6-10/h2-8,15H,1H3. The molecule has 82 valence electrons. The molecule has 0 aromatic heterocycles. The fraction of sp³-hybridized carbons (Fsp3) is 0.0769. The molecule has 2 aromatic carbocycles. The Bertz CT molecular complexity index is 491. The molecule has 2 aromatic rings. The predicted octanol–water partition coefficient (Wildman–Crippen LogP) is 3.92. The van der Waals surface area contributed by atoms with Crippen LogP contribution in [-0.4, -0.2) is 11.4 Å². The van der Waals surface area contributed by atoms with Crippen molar-refractivity contribution in [2.24, 2.45) is 0 Å². The van der Waals surface area contributed by atoms with Crippen molar-refractivity contribution in [2.45, 2.75) is 4.90 Å². The summed E-state index contributed by atoms with van der Waals surface area (Å²) in [7, 11) is 0. The maximum absolute atomic E-state index is 13.1. The van der Waals surface area contributed by atoms with E-state index >= 15 is 0 Å². The molecule has 2 rings (SSSR count). The average Bonchev–Trinajstić information content (AvgIpc) is 2.28. The van der Waals surface area contributed by atoms with Gasteiger partial charge in [-0.05, 0) is 41.6 Å². The first-order chi connectivity index (χ1) is 7.69. The molecule has 0 radical (unpaired) electrons. The van der Waals surface area contributed by atoms with Gasteiger partial charge >= 0.3 is 0 Å². The Labute approximate surface area is 97.9 Å². The molecule has 0 saturated heterocycles. The second kappa shape index (κ2) is 4.58. The van der Waals surface area contributed by atoms with Crippen LogP contribution >= 0.6 is 11.8 Å². The van der Waals surface area contributed by atoms with E-state index in [9.17, 15) is 9.50 Å². The minimum Gasteiger partial charge on any atom is -0.508 e. The summed E-state index contributed by atoms with van der Waals surface area (Å²) in [6.45, 7) is 0. The van der Waals surface area contributed by atoms with Crippen LogP contribution in [0.5, 0.6) is 5.75 Å². The van der Waals surface area contributed by atoms with Gasteiger partial charge in [0.2, 0.25) is 0 Å². The monoisotopic (exact) mass is 234 g/mol. The predicted molar refractivity (Wildman–Crippen MR) is 65.3 cm³/mol. The Morgan fingerprint density at radius 1 is 1.06 bits per heavy atom. The number of halogens is 1. The molecule has 16 heavy (non-hydrogen) atoms. The molecule has 0 heterocycles. The first kappa shape index (κ1) is 11.0. The van der Waals surface area contributed by atoms with E-state index in [0.29, 0.717) is 5.56 Å². The molecule has 1 N–H and O–H groups in total. The number of hydrogen-bond acceptors (Lipinski definition) is 2. The molecular formula is C13H11FOS. The zero-order valence-electron chi connectivity index (χ0n) is 8.77. The van der Waals surface area contributed by atoms with E-state index in [1.54, 1.807) is 17.8 Å². The Morgan fingerprint density at radius 3 is 2.56 bits per heavy atom. The van der Waals surface area contributed by atoms with Gasteiger partial charge in [-0.25, -0.2) is 4.39 Å².